The fourth-order valence-corrected chi connectivity index (χ4v) is 4.67. The summed E-state index contributed by atoms with van der Waals surface area (Å²) in [5.74, 6) is -0.558. The number of carbonyl (C=O) groups is 2. The number of halogens is 3. The molecule has 9 heteroatoms. The lowest BCUT2D eigenvalue weighted by atomic mass is 9.83. The van der Waals surface area contributed by atoms with Crippen LogP contribution in [0.25, 0.3) is 0 Å². The van der Waals surface area contributed by atoms with Crippen LogP contribution in [0.5, 0.6) is 0 Å². The van der Waals surface area contributed by atoms with Crippen LogP contribution in [0, 0.1) is 19.8 Å². The second kappa shape index (κ2) is 10.5. The summed E-state index contributed by atoms with van der Waals surface area (Å²) in [6, 6.07) is 8.52. The van der Waals surface area contributed by atoms with E-state index in [2.05, 4.69) is 23.4 Å². The number of para-hydroxylation sites is 2. The Morgan fingerprint density at radius 2 is 1.58 bits per heavy atom. The van der Waals surface area contributed by atoms with Crippen molar-refractivity contribution >= 4 is 36.1 Å². The van der Waals surface area contributed by atoms with Gasteiger partial charge in [0.25, 0.3) is 0 Å². The predicted octanol–water partition coefficient (Wildman–Crippen LogP) is 6.59. The summed E-state index contributed by atoms with van der Waals surface area (Å²) in [5.41, 5.74) is 1.06. The first kappa shape index (κ1) is 25.0. The van der Waals surface area contributed by atoms with Crippen LogP contribution in [0.1, 0.15) is 48.8 Å². The second-order valence-corrected chi connectivity index (χ2v) is 8.85. The molecule has 0 radical (unpaired) electrons. The Labute approximate surface area is 197 Å². The highest BCUT2D eigenvalue weighted by Crippen LogP contribution is 2.36. The van der Waals surface area contributed by atoms with Crippen LogP contribution in [0.3, 0.4) is 0 Å². The number of nitrogens with one attached hydrogen (secondary N) is 2. The summed E-state index contributed by atoms with van der Waals surface area (Å²) in [6.45, 7) is 3.74. The van der Waals surface area contributed by atoms with E-state index in [-0.39, 0.29) is 11.6 Å². The van der Waals surface area contributed by atoms with E-state index in [1.165, 1.54) is 18.2 Å². The fourth-order valence-electron chi connectivity index (χ4n) is 4.32. The molecule has 2 aromatic rings. The molecule has 178 valence electrons. The van der Waals surface area contributed by atoms with Crippen LogP contribution >= 0.6 is 12.8 Å². The monoisotopic (exact) mass is 479 g/mol. The molecule has 0 spiro atoms. The van der Waals surface area contributed by atoms with Crippen LogP contribution < -0.4 is 10.6 Å². The molecule has 3 rings (SSSR count). The number of hydrogen-bond acceptors (Lipinski definition) is 3. The molecule has 0 aromatic heterocycles. The van der Waals surface area contributed by atoms with Gasteiger partial charge in [-0.15, -0.1) is 0 Å². The Bertz CT molecular complexity index is 986. The van der Waals surface area contributed by atoms with Gasteiger partial charge in [-0.25, -0.2) is 4.79 Å². The minimum atomic E-state index is -4.63. The molecular formula is C24H28F3N3O2S. The van der Waals surface area contributed by atoms with Gasteiger partial charge in [0.05, 0.1) is 11.3 Å². The number of thiol groups is 1. The quantitative estimate of drug-likeness (QED) is 0.424. The van der Waals surface area contributed by atoms with Gasteiger partial charge < -0.3 is 10.6 Å². The van der Waals surface area contributed by atoms with Gasteiger partial charge in [-0.05, 0) is 55.9 Å². The van der Waals surface area contributed by atoms with Crippen molar-refractivity contribution in [3.05, 3.63) is 59.2 Å². The Kier molecular flexibility index (Phi) is 7.94. The molecule has 2 aromatic carbocycles. The van der Waals surface area contributed by atoms with Gasteiger partial charge in [0.15, 0.2) is 0 Å². The predicted molar refractivity (Wildman–Crippen MR) is 126 cm³/mol. The number of aryl methyl sites for hydroxylation is 2. The van der Waals surface area contributed by atoms with E-state index in [4.69, 9.17) is 0 Å². The van der Waals surface area contributed by atoms with Gasteiger partial charge in [-0.1, -0.05) is 62.4 Å². The van der Waals surface area contributed by atoms with E-state index in [1.54, 1.807) is 0 Å². The van der Waals surface area contributed by atoms with Gasteiger partial charge in [0.1, 0.15) is 6.04 Å². The van der Waals surface area contributed by atoms with Gasteiger partial charge in [-0.3, -0.25) is 9.10 Å². The molecule has 1 aliphatic carbocycles. The maximum absolute atomic E-state index is 13.4. The number of benzene rings is 2. The Balaban J connectivity index is 1.86. The van der Waals surface area contributed by atoms with E-state index in [1.807, 2.05) is 32.0 Å². The van der Waals surface area contributed by atoms with Crippen molar-refractivity contribution in [2.75, 3.05) is 10.6 Å². The molecule has 1 fully saturated rings. The first-order chi connectivity index (χ1) is 15.6. The zero-order valence-electron chi connectivity index (χ0n) is 18.6. The van der Waals surface area contributed by atoms with E-state index in [0.717, 1.165) is 53.6 Å². The van der Waals surface area contributed by atoms with Crippen LogP contribution in [0.2, 0.25) is 0 Å². The fraction of sp³-hybridized carbons (Fsp3) is 0.417. The minimum absolute atomic E-state index is 0.149. The van der Waals surface area contributed by atoms with Crippen molar-refractivity contribution in [3.63, 3.8) is 0 Å². The molecular weight excluding hydrogens is 451 g/mol. The molecule has 1 atom stereocenters. The molecule has 0 heterocycles. The smallest absolute Gasteiger partial charge is 0.324 e. The Morgan fingerprint density at radius 1 is 0.970 bits per heavy atom. The van der Waals surface area contributed by atoms with Crippen LogP contribution in [-0.2, 0) is 11.0 Å². The van der Waals surface area contributed by atoms with E-state index in [9.17, 15) is 22.8 Å². The summed E-state index contributed by atoms with van der Waals surface area (Å²) in [5, 5.41) is 5.21. The number of alkyl halides is 3. The molecule has 0 unspecified atom stereocenters. The number of amides is 3. The maximum atomic E-state index is 13.4. The van der Waals surface area contributed by atoms with Gasteiger partial charge in [0.2, 0.25) is 5.91 Å². The topological polar surface area (TPSA) is 61.4 Å². The molecule has 1 saturated carbocycles. The third-order valence-corrected chi connectivity index (χ3v) is 6.47. The third-order valence-electron chi connectivity index (χ3n) is 6.04. The highest BCUT2D eigenvalue weighted by atomic mass is 32.1. The zero-order valence-corrected chi connectivity index (χ0v) is 19.5. The SMILES string of the molecule is Cc1cccc(C)c1NC(=O)[C@@H](C1CCCCC1)N(S)C(=O)Nc1ccccc1C(F)(F)F. The van der Waals surface area contributed by atoms with Crippen molar-refractivity contribution in [1.82, 2.24) is 4.31 Å². The number of rotatable bonds is 5. The van der Waals surface area contributed by atoms with E-state index >= 15 is 0 Å². The minimum Gasteiger partial charge on any atom is -0.324 e. The maximum Gasteiger partial charge on any atom is 0.418 e. The Hall–Kier alpha value is -2.68. The number of anilines is 2. The number of carbonyl (C=O) groups excluding carboxylic acids is 2. The van der Waals surface area contributed by atoms with Crippen molar-refractivity contribution in [2.24, 2.45) is 5.92 Å². The summed E-state index contributed by atoms with van der Waals surface area (Å²) >= 11 is 4.30. The van der Waals surface area contributed by atoms with E-state index in [0.29, 0.717) is 5.69 Å². The van der Waals surface area contributed by atoms with Crippen molar-refractivity contribution in [3.8, 4) is 0 Å². The van der Waals surface area contributed by atoms with E-state index < -0.39 is 29.7 Å². The van der Waals surface area contributed by atoms with Gasteiger partial charge in [-0.2, -0.15) is 13.2 Å². The van der Waals surface area contributed by atoms with Crippen molar-refractivity contribution in [1.29, 1.82) is 0 Å². The summed E-state index contributed by atoms with van der Waals surface area (Å²) < 4.78 is 41.0. The van der Waals surface area contributed by atoms with Gasteiger partial charge in [0, 0.05) is 5.69 Å². The lowest BCUT2D eigenvalue weighted by Gasteiger charge is -2.35. The van der Waals surface area contributed by atoms with Crippen LogP contribution in [0.15, 0.2) is 42.5 Å². The highest BCUT2D eigenvalue weighted by molar-refractivity contribution is 7.78. The molecule has 0 aliphatic heterocycles. The first-order valence-electron chi connectivity index (χ1n) is 10.9. The number of nitrogens with zero attached hydrogens (tertiary/aromatic N) is 1. The number of hydrogen-bond donors (Lipinski definition) is 3. The average molecular weight is 480 g/mol. The largest absolute Gasteiger partial charge is 0.418 e. The molecule has 2 N–H and O–H groups in total. The lowest BCUT2D eigenvalue weighted by Crippen LogP contribution is -2.49. The molecule has 33 heavy (non-hydrogen) atoms. The highest BCUT2D eigenvalue weighted by Gasteiger charge is 2.38. The second-order valence-electron chi connectivity index (χ2n) is 8.42. The molecule has 1 aliphatic rings. The third kappa shape index (κ3) is 6.01. The first-order valence-corrected chi connectivity index (χ1v) is 11.3. The molecule has 5 nitrogen and oxygen atoms in total. The van der Waals surface area contributed by atoms with Crippen molar-refractivity contribution in [2.45, 2.75) is 58.2 Å². The normalized spacial score (nSPS) is 15.6. The lowest BCUT2D eigenvalue weighted by molar-refractivity contribution is -0.137. The van der Waals surface area contributed by atoms with Crippen LogP contribution in [-0.4, -0.2) is 22.3 Å². The number of urea groups is 1. The van der Waals surface area contributed by atoms with Crippen LogP contribution in [0.4, 0.5) is 29.3 Å². The summed E-state index contributed by atoms with van der Waals surface area (Å²) in [6.07, 6.45) is -0.300. The molecule has 3 amide bonds. The zero-order chi connectivity index (χ0) is 24.2. The van der Waals surface area contributed by atoms with Crippen molar-refractivity contribution < 1.29 is 22.8 Å². The average Bonchev–Trinajstić information content (AvgIpc) is 2.77. The summed E-state index contributed by atoms with van der Waals surface area (Å²) in [7, 11) is 0. The molecule has 0 saturated heterocycles. The molecule has 0 bridgehead atoms. The van der Waals surface area contributed by atoms with Gasteiger partial charge >= 0.3 is 12.2 Å². The summed E-state index contributed by atoms with van der Waals surface area (Å²) in [4.78, 5) is 26.3. The standard InChI is InChI=1S/C24H28F3N3O2S/c1-15-9-8-10-16(2)20(15)29-22(31)21(17-11-4-3-5-12-17)30(33)23(32)28-19-14-7-6-13-18(19)24(25,26)27/h6-10,13-14,17,21,33H,3-5,11-12H2,1-2H3,(H,28,32)(H,29,31)/t21-/m1/s1. The Morgan fingerprint density at radius 3 is 2.18 bits per heavy atom.